The number of carbonyl (C=O) groups is 4. The lowest BCUT2D eigenvalue weighted by Crippen LogP contribution is -2.53. The van der Waals surface area contributed by atoms with Gasteiger partial charge in [0, 0.05) is 16.0 Å². The van der Waals surface area contributed by atoms with Gasteiger partial charge in [-0.2, -0.15) is 5.01 Å². The predicted octanol–water partition coefficient (Wildman–Crippen LogP) is 7.34. The molecule has 9 nitrogen and oxygen atoms in total. The fourth-order valence-electron chi connectivity index (χ4n) is 8.89. The zero-order valence-electron chi connectivity index (χ0n) is 28.0. The summed E-state index contributed by atoms with van der Waals surface area (Å²) in [4.78, 5) is 59.7. The molecule has 0 spiro atoms. The average Bonchev–Trinajstić information content (AvgIpc) is 3.51. The maximum Gasteiger partial charge on any atom is 0.260 e. The first-order valence-corrected chi connectivity index (χ1v) is 17.6. The first-order chi connectivity index (χ1) is 24.9. The summed E-state index contributed by atoms with van der Waals surface area (Å²) in [7, 11) is 1.42. The normalized spacial score (nSPS) is 26.6. The van der Waals surface area contributed by atoms with Crippen molar-refractivity contribution in [2.75, 3.05) is 17.4 Å². The van der Waals surface area contributed by atoms with Gasteiger partial charge < -0.3 is 9.84 Å². The van der Waals surface area contributed by atoms with Crippen molar-refractivity contribution in [1.29, 1.82) is 0 Å². The van der Waals surface area contributed by atoms with Crippen molar-refractivity contribution in [2.24, 2.45) is 23.7 Å². The van der Waals surface area contributed by atoms with E-state index in [4.69, 9.17) is 27.9 Å². The summed E-state index contributed by atoms with van der Waals surface area (Å²) >= 11 is 12.8. The van der Waals surface area contributed by atoms with Gasteiger partial charge in [0.1, 0.15) is 5.82 Å². The van der Waals surface area contributed by atoms with Crippen LogP contribution in [0.15, 0.2) is 96.6 Å². The number of anilines is 2. The predicted molar refractivity (Wildman–Crippen MR) is 192 cm³/mol. The number of allylic oxidation sites excluding steroid dienone is 2. The first kappa shape index (κ1) is 33.9. The molecule has 1 saturated carbocycles. The summed E-state index contributed by atoms with van der Waals surface area (Å²) in [6.45, 7) is 1.83. The summed E-state index contributed by atoms with van der Waals surface area (Å²) in [5.74, 6) is -6.38. The molecule has 12 heteroatoms. The molecule has 0 unspecified atom stereocenters. The molecular formula is C40H32Cl2FN3O6. The van der Waals surface area contributed by atoms with E-state index >= 15 is 4.79 Å². The van der Waals surface area contributed by atoms with E-state index in [0.717, 1.165) is 10.6 Å². The Bertz CT molecular complexity index is 2210. The van der Waals surface area contributed by atoms with Gasteiger partial charge in [-0.05, 0) is 103 Å². The molecule has 2 aliphatic carbocycles. The van der Waals surface area contributed by atoms with Crippen LogP contribution >= 0.6 is 23.2 Å². The molecule has 2 aliphatic heterocycles. The minimum absolute atomic E-state index is 0.0714. The van der Waals surface area contributed by atoms with Gasteiger partial charge >= 0.3 is 0 Å². The molecule has 4 aromatic rings. The molecule has 4 amide bonds. The standard InChI is InChI=1S/C40H32Cl2FN3O6/c1-20-3-13-26(18-31(20)42)45-36(48)28-15-14-27-29(34(28)38(45)50)19-30-37(49)46(44-25-11-9-24(43)10-12-25)39(51)40(30,22-5-7-23(41)8-6-22)35(27)21-4-16-33(52-2)32(47)17-21/h3-14,16-18,28-30,34-35,44,47H,15,19H2,1-2H3/t28-,29+,30-,34-,35-,40+/m0/s1. The van der Waals surface area contributed by atoms with E-state index in [1.54, 1.807) is 54.6 Å². The number of rotatable bonds is 6. The number of nitrogens with zero attached hydrogens (tertiary/aromatic N) is 2. The van der Waals surface area contributed by atoms with Crippen molar-refractivity contribution < 1.29 is 33.4 Å². The summed E-state index contributed by atoms with van der Waals surface area (Å²) in [6, 6.07) is 21.9. The Kier molecular flexibility index (Phi) is 8.15. The number of phenols is 1. The number of methoxy groups -OCH3 is 1. The number of ether oxygens (including phenoxy) is 1. The van der Waals surface area contributed by atoms with Crippen LogP contribution in [-0.4, -0.2) is 40.9 Å². The van der Waals surface area contributed by atoms with Crippen molar-refractivity contribution >= 4 is 58.2 Å². The highest BCUT2D eigenvalue weighted by atomic mass is 35.5. The third-order valence-corrected chi connectivity index (χ3v) is 11.9. The third-order valence-electron chi connectivity index (χ3n) is 11.2. The zero-order chi connectivity index (χ0) is 36.6. The molecule has 0 bridgehead atoms. The van der Waals surface area contributed by atoms with E-state index in [0.29, 0.717) is 38.1 Å². The van der Waals surface area contributed by atoms with Crippen LogP contribution in [0.3, 0.4) is 0 Å². The highest BCUT2D eigenvalue weighted by Crippen LogP contribution is 2.64. The number of amides is 4. The maximum absolute atomic E-state index is 15.2. The summed E-state index contributed by atoms with van der Waals surface area (Å²) in [5.41, 5.74) is 4.55. The Morgan fingerprint density at radius 2 is 1.62 bits per heavy atom. The van der Waals surface area contributed by atoms with E-state index < -0.39 is 58.5 Å². The molecule has 4 aromatic carbocycles. The van der Waals surface area contributed by atoms with E-state index in [9.17, 15) is 23.9 Å². The number of phenolic OH excluding ortho intramolecular Hbond substituents is 1. The van der Waals surface area contributed by atoms with Crippen LogP contribution in [0.25, 0.3) is 0 Å². The van der Waals surface area contributed by atoms with Crippen molar-refractivity contribution in [3.63, 3.8) is 0 Å². The number of aryl methyl sites for hydroxylation is 1. The number of hydrogen-bond donors (Lipinski definition) is 2. The Balaban J connectivity index is 1.32. The highest BCUT2D eigenvalue weighted by Gasteiger charge is 2.70. The Hall–Kier alpha value is -5.19. The number of carbonyl (C=O) groups excluding carboxylic acids is 4. The van der Waals surface area contributed by atoms with Gasteiger partial charge in [-0.25, -0.2) is 9.29 Å². The molecule has 2 N–H and O–H groups in total. The largest absolute Gasteiger partial charge is 0.504 e. The molecule has 0 radical (unpaired) electrons. The Morgan fingerprint density at radius 3 is 2.29 bits per heavy atom. The van der Waals surface area contributed by atoms with Gasteiger partial charge in [-0.15, -0.1) is 0 Å². The third kappa shape index (κ3) is 4.95. The van der Waals surface area contributed by atoms with Gasteiger partial charge in [0.25, 0.3) is 11.8 Å². The fourth-order valence-corrected chi connectivity index (χ4v) is 9.19. The quantitative estimate of drug-likeness (QED) is 0.157. The van der Waals surface area contributed by atoms with Crippen LogP contribution in [0, 0.1) is 36.4 Å². The van der Waals surface area contributed by atoms with Crippen LogP contribution in [0.5, 0.6) is 11.5 Å². The Morgan fingerprint density at radius 1 is 0.885 bits per heavy atom. The van der Waals surface area contributed by atoms with E-state index in [-0.39, 0.29) is 30.2 Å². The smallest absolute Gasteiger partial charge is 0.260 e. The zero-order valence-corrected chi connectivity index (χ0v) is 29.5. The van der Waals surface area contributed by atoms with E-state index in [2.05, 4.69) is 5.43 Å². The first-order valence-electron chi connectivity index (χ1n) is 16.8. The van der Waals surface area contributed by atoms with Crippen molar-refractivity contribution in [1.82, 2.24) is 5.01 Å². The van der Waals surface area contributed by atoms with Gasteiger partial charge in [-0.3, -0.25) is 24.6 Å². The molecule has 2 saturated heterocycles. The maximum atomic E-state index is 15.2. The number of nitrogens with one attached hydrogen (secondary N) is 1. The number of fused-ring (bicyclic) bond motifs is 4. The van der Waals surface area contributed by atoms with Crippen LogP contribution in [0.2, 0.25) is 10.0 Å². The summed E-state index contributed by atoms with van der Waals surface area (Å²) < 4.78 is 19.2. The minimum Gasteiger partial charge on any atom is -0.504 e. The topological polar surface area (TPSA) is 116 Å². The molecule has 52 heavy (non-hydrogen) atoms. The molecule has 264 valence electrons. The monoisotopic (exact) mass is 739 g/mol. The molecule has 4 aliphatic rings. The summed E-state index contributed by atoms with van der Waals surface area (Å²) in [5, 5.41) is 12.9. The van der Waals surface area contributed by atoms with Crippen LogP contribution in [0.4, 0.5) is 15.8 Å². The number of halogens is 3. The number of benzene rings is 4. The number of imide groups is 2. The average molecular weight is 741 g/mol. The van der Waals surface area contributed by atoms with Crippen molar-refractivity contribution in [3.05, 3.63) is 129 Å². The molecule has 3 fully saturated rings. The SMILES string of the molecule is COc1ccc([C@H]2C3=CC[C@@H]4C(=O)N(c5ccc(C)c(Cl)c5)C(=O)[C@@H]4[C@@H]3C[C@H]3C(=O)N(Nc4ccc(F)cc4)C(=O)[C@@]23c2ccc(Cl)cc2)cc1O. The fraction of sp³-hybridized carbons (Fsp3) is 0.250. The van der Waals surface area contributed by atoms with E-state index in [1.807, 2.05) is 13.0 Å². The van der Waals surface area contributed by atoms with Crippen LogP contribution in [-0.2, 0) is 24.6 Å². The number of hydrazine groups is 1. The lowest BCUT2D eigenvalue weighted by molar-refractivity contribution is -0.138. The molecule has 8 rings (SSSR count). The lowest BCUT2D eigenvalue weighted by Gasteiger charge is -2.50. The number of aromatic hydroxyl groups is 1. The van der Waals surface area contributed by atoms with Gasteiger partial charge in [-0.1, -0.05) is 59.1 Å². The lowest BCUT2D eigenvalue weighted by atomic mass is 9.49. The van der Waals surface area contributed by atoms with Crippen molar-refractivity contribution in [2.45, 2.75) is 31.1 Å². The van der Waals surface area contributed by atoms with Gasteiger partial charge in [0.05, 0.1) is 41.7 Å². The minimum atomic E-state index is -1.58. The van der Waals surface area contributed by atoms with Gasteiger partial charge in [0.15, 0.2) is 11.5 Å². The molecule has 6 atom stereocenters. The summed E-state index contributed by atoms with van der Waals surface area (Å²) in [6.07, 6.45) is 2.22. The molecule has 2 heterocycles. The molecule has 0 aromatic heterocycles. The highest BCUT2D eigenvalue weighted by molar-refractivity contribution is 6.32. The van der Waals surface area contributed by atoms with Crippen molar-refractivity contribution in [3.8, 4) is 11.5 Å². The van der Waals surface area contributed by atoms with Gasteiger partial charge in [0.2, 0.25) is 11.8 Å². The van der Waals surface area contributed by atoms with Crippen LogP contribution < -0.4 is 15.1 Å². The Labute approximate surface area is 308 Å². The van der Waals surface area contributed by atoms with Crippen LogP contribution in [0.1, 0.15) is 35.4 Å². The second-order valence-corrected chi connectivity index (χ2v) is 14.6. The second kappa shape index (κ2) is 12.5. The second-order valence-electron chi connectivity index (χ2n) is 13.7. The molecular weight excluding hydrogens is 708 g/mol. The van der Waals surface area contributed by atoms with E-state index in [1.165, 1.54) is 42.3 Å². The number of hydrogen-bond acceptors (Lipinski definition) is 7.